The molecule has 8 heteroatoms. The number of anilines is 1. The number of nitrogens with zero attached hydrogens (tertiary/aromatic N) is 2. The van der Waals surface area contributed by atoms with Gasteiger partial charge in [0, 0.05) is 28.8 Å². The summed E-state index contributed by atoms with van der Waals surface area (Å²) in [6, 6.07) is 15.6. The number of hydrogen-bond donors (Lipinski definition) is 2. The maximum absolute atomic E-state index is 12.4. The van der Waals surface area contributed by atoms with Crippen molar-refractivity contribution in [2.75, 3.05) is 18.5 Å². The van der Waals surface area contributed by atoms with Crippen LogP contribution in [0.1, 0.15) is 82.2 Å². The number of rotatable bonds is 11. The van der Waals surface area contributed by atoms with Crippen molar-refractivity contribution in [3.05, 3.63) is 65.5 Å². The first-order chi connectivity index (χ1) is 17.6. The maximum atomic E-state index is 12.4. The molecule has 0 aliphatic rings. The molecule has 2 N–H and O–H groups in total. The smallest absolute Gasteiger partial charge is 0.307 e. The molecule has 0 radical (unpaired) electrons. The van der Waals surface area contributed by atoms with E-state index < -0.39 is 0 Å². The number of benzene rings is 2. The van der Waals surface area contributed by atoms with Gasteiger partial charge in [-0.25, -0.2) is 0 Å². The van der Waals surface area contributed by atoms with Gasteiger partial charge in [0.25, 0.3) is 5.91 Å². The zero-order valence-corrected chi connectivity index (χ0v) is 22.6. The molecule has 2 unspecified atom stereocenters. The van der Waals surface area contributed by atoms with Crippen molar-refractivity contribution >= 4 is 17.6 Å². The van der Waals surface area contributed by atoms with Crippen LogP contribution in [0.3, 0.4) is 0 Å². The average Bonchev–Trinajstić information content (AvgIpc) is 3.39. The van der Waals surface area contributed by atoms with Gasteiger partial charge in [0.05, 0.1) is 19.1 Å². The molecule has 0 aliphatic heterocycles. The molecule has 2 atom stereocenters. The molecule has 0 saturated heterocycles. The molecule has 37 heavy (non-hydrogen) atoms. The van der Waals surface area contributed by atoms with Crippen molar-refractivity contribution in [3.8, 4) is 11.5 Å². The Morgan fingerprint density at radius 3 is 2.24 bits per heavy atom. The Morgan fingerprint density at radius 1 is 1.00 bits per heavy atom. The van der Waals surface area contributed by atoms with E-state index in [1.165, 1.54) is 0 Å². The number of aromatic nitrogens is 2. The van der Waals surface area contributed by atoms with Crippen molar-refractivity contribution in [2.45, 2.75) is 65.8 Å². The number of carbonyl (C=O) groups is 2. The molecule has 1 aromatic heterocycles. The molecule has 0 bridgehead atoms. The van der Waals surface area contributed by atoms with Gasteiger partial charge in [-0.1, -0.05) is 53.2 Å². The minimum absolute atomic E-state index is 0.0797. The van der Waals surface area contributed by atoms with Gasteiger partial charge in [0.1, 0.15) is 0 Å². The van der Waals surface area contributed by atoms with E-state index in [2.05, 4.69) is 46.8 Å². The van der Waals surface area contributed by atoms with Crippen LogP contribution in [-0.2, 0) is 14.9 Å². The molecule has 3 rings (SSSR count). The fourth-order valence-corrected chi connectivity index (χ4v) is 3.78. The highest BCUT2D eigenvalue weighted by atomic mass is 16.5. The Balaban J connectivity index is 1.67. The van der Waals surface area contributed by atoms with Crippen LogP contribution < -0.4 is 10.6 Å². The summed E-state index contributed by atoms with van der Waals surface area (Å²) >= 11 is 0. The molecule has 0 saturated carbocycles. The van der Waals surface area contributed by atoms with E-state index >= 15 is 0 Å². The first-order valence-corrected chi connectivity index (χ1v) is 12.9. The summed E-state index contributed by atoms with van der Waals surface area (Å²) in [5, 5.41) is 14.8. The quantitative estimate of drug-likeness (QED) is 0.311. The van der Waals surface area contributed by atoms with Gasteiger partial charge in [0.2, 0.25) is 11.8 Å². The summed E-state index contributed by atoms with van der Waals surface area (Å²) in [5.74, 6) is 0.953. The first kappa shape index (κ1) is 27.9. The summed E-state index contributed by atoms with van der Waals surface area (Å²) in [7, 11) is 0. The summed E-state index contributed by atoms with van der Waals surface area (Å²) in [6.07, 6.45) is 1.15. The van der Waals surface area contributed by atoms with Gasteiger partial charge in [-0.3, -0.25) is 9.59 Å². The van der Waals surface area contributed by atoms with Crippen LogP contribution in [0.15, 0.2) is 52.9 Å². The number of carbonyl (C=O) groups excluding carboxylic acids is 2. The molecule has 0 aliphatic carbocycles. The molecule has 8 nitrogen and oxygen atoms in total. The van der Waals surface area contributed by atoms with Crippen LogP contribution in [0, 0.1) is 5.92 Å². The zero-order chi connectivity index (χ0) is 27.0. The van der Waals surface area contributed by atoms with Gasteiger partial charge in [-0.2, -0.15) is 0 Å². The second-order valence-corrected chi connectivity index (χ2v) is 10.2. The van der Waals surface area contributed by atoms with E-state index in [1.54, 1.807) is 19.1 Å². The molecular formula is C29H38N4O4. The lowest BCUT2D eigenvalue weighted by atomic mass is 9.91. The van der Waals surface area contributed by atoms with Crippen molar-refractivity contribution in [1.82, 2.24) is 15.5 Å². The fourth-order valence-electron chi connectivity index (χ4n) is 3.78. The van der Waals surface area contributed by atoms with E-state index in [4.69, 9.17) is 9.15 Å². The van der Waals surface area contributed by atoms with Crippen molar-refractivity contribution in [1.29, 1.82) is 0 Å². The van der Waals surface area contributed by atoms with Crippen LogP contribution in [0.25, 0.3) is 11.5 Å². The van der Waals surface area contributed by atoms with Crippen LogP contribution in [0.2, 0.25) is 0 Å². The molecule has 3 aromatic rings. The number of esters is 1. The lowest BCUT2D eigenvalue weighted by Crippen LogP contribution is -2.26. The summed E-state index contributed by atoms with van der Waals surface area (Å²) in [6.45, 7) is 12.8. The fraction of sp³-hybridized carbons (Fsp3) is 0.448. The first-order valence-electron chi connectivity index (χ1n) is 12.9. The van der Waals surface area contributed by atoms with E-state index in [0.29, 0.717) is 29.9 Å². The van der Waals surface area contributed by atoms with Crippen LogP contribution in [-0.4, -0.2) is 35.2 Å². The number of amides is 1. The SMILES string of the molecule is CCOC(=O)CCNC(=O)c1ccc(NC(c2ccc(-c3nnc(C(C)(C)C)o3)cc2)C(C)CC)cc1. The molecule has 1 amide bonds. The van der Waals surface area contributed by atoms with E-state index in [1.807, 2.05) is 45.0 Å². The predicted octanol–water partition coefficient (Wildman–Crippen LogP) is 5.92. The predicted molar refractivity (Wildman–Crippen MR) is 144 cm³/mol. The molecular weight excluding hydrogens is 468 g/mol. The van der Waals surface area contributed by atoms with Crippen molar-refractivity contribution in [3.63, 3.8) is 0 Å². The molecule has 2 aromatic carbocycles. The Kier molecular flexibility index (Phi) is 9.44. The third-order valence-electron chi connectivity index (χ3n) is 6.19. The van der Waals surface area contributed by atoms with Gasteiger partial charge < -0.3 is 19.8 Å². The minimum atomic E-state index is -0.321. The maximum Gasteiger partial charge on any atom is 0.307 e. The third-order valence-corrected chi connectivity index (χ3v) is 6.19. The summed E-state index contributed by atoms with van der Waals surface area (Å²) in [5.41, 5.74) is 3.29. The summed E-state index contributed by atoms with van der Waals surface area (Å²) in [4.78, 5) is 23.8. The van der Waals surface area contributed by atoms with Gasteiger partial charge >= 0.3 is 5.97 Å². The van der Waals surface area contributed by atoms with E-state index in [-0.39, 0.29) is 36.3 Å². The lowest BCUT2D eigenvalue weighted by Gasteiger charge is -2.26. The third kappa shape index (κ3) is 7.65. The van der Waals surface area contributed by atoms with Crippen LogP contribution in [0.4, 0.5) is 5.69 Å². The largest absolute Gasteiger partial charge is 0.466 e. The molecule has 0 fully saturated rings. The molecule has 198 valence electrons. The van der Waals surface area contributed by atoms with Gasteiger partial charge in [-0.05, 0) is 54.8 Å². The minimum Gasteiger partial charge on any atom is -0.466 e. The number of nitrogens with one attached hydrogen (secondary N) is 2. The number of ether oxygens (including phenoxy) is 1. The summed E-state index contributed by atoms with van der Waals surface area (Å²) < 4.78 is 10.8. The second-order valence-electron chi connectivity index (χ2n) is 10.2. The Morgan fingerprint density at radius 2 is 1.68 bits per heavy atom. The monoisotopic (exact) mass is 506 g/mol. The second kappa shape index (κ2) is 12.5. The van der Waals surface area contributed by atoms with E-state index in [0.717, 1.165) is 23.2 Å². The van der Waals surface area contributed by atoms with Gasteiger partial charge in [-0.15, -0.1) is 10.2 Å². The number of hydrogen-bond acceptors (Lipinski definition) is 7. The molecule has 1 heterocycles. The van der Waals surface area contributed by atoms with Crippen molar-refractivity contribution < 1.29 is 18.7 Å². The highest BCUT2D eigenvalue weighted by Crippen LogP contribution is 2.31. The standard InChI is InChI=1S/C29H38N4O4/c1-7-19(3)25(20-9-11-22(12-10-20)27-32-33-28(37-27)29(4,5)6)31-23-15-13-21(14-16-23)26(35)30-18-17-24(34)36-8-2/h9-16,19,25,31H,7-8,17-18H2,1-6H3,(H,30,35). The Hall–Kier alpha value is -3.68. The highest BCUT2D eigenvalue weighted by molar-refractivity contribution is 5.94. The lowest BCUT2D eigenvalue weighted by molar-refractivity contribution is -0.142. The highest BCUT2D eigenvalue weighted by Gasteiger charge is 2.23. The average molecular weight is 507 g/mol. The van der Waals surface area contributed by atoms with Crippen LogP contribution >= 0.6 is 0 Å². The normalized spacial score (nSPS) is 13.0. The van der Waals surface area contributed by atoms with Gasteiger partial charge in [0.15, 0.2) is 0 Å². The topological polar surface area (TPSA) is 106 Å². The van der Waals surface area contributed by atoms with Crippen molar-refractivity contribution in [2.24, 2.45) is 5.92 Å². The Labute approximate surface area is 219 Å². The van der Waals surface area contributed by atoms with E-state index in [9.17, 15) is 9.59 Å². The van der Waals surface area contributed by atoms with Crippen LogP contribution in [0.5, 0.6) is 0 Å². The zero-order valence-electron chi connectivity index (χ0n) is 22.6. The Bertz CT molecular complexity index is 1160. The molecule has 0 spiro atoms.